The molecule has 6 nitrogen and oxygen atoms in total. The van der Waals surface area contributed by atoms with Crippen molar-refractivity contribution in [2.75, 3.05) is 19.0 Å². The number of sulfonamides is 1. The number of fused-ring (bicyclic) bond motifs is 1. The van der Waals surface area contributed by atoms with E-state index in [0.717, 1.165) is 30.4 Å². The lowest BCUT2D eigenvalue weighted by Gasteiger charge is -2.37. The number of rotatable bonds is 3. The predicted molar refractivity (Wildman–Crippen MR) is 115 cm³/mol. The maximum Gasteiger partial charge on any atom is 0.240 e. The zero-order chi connectivity index (χ0) is 21.8. The van der Waals surface area contributed by atoms with Crippen LogP contribution in [0.4, 0.5) is 0 Å². The van der Waals surface area contributed by atoms with Crippen LogP contribution < -0.4 is 0 Å². The van der Waals surface area contributed by atoms with E-state index in [4.69, 9.17) is 9.47 Å². The minimum absolute atomic E-state index is 0.0201. The number of benzene rings is 1. The van der Waals surface area contributed by atoms with Crippen molar-refractivity contribution >= 4 is 15.9 Å². The first-order valence-electron chi connectivity index (χ1n) is 11.5. The van der Waals surface area contributed by atoms with Crippen molar-refractivity contribution in [2.24, 2.45) is 22.7 Å². The third-order valence-corrected chi connectivity index (χ3v) is 11.3. The molecular weight excluding hydrogens is 414 g/mol. The Morgan fingerprint density at radius 3 is 2.52 bits per heavy atom. The topological polar surface area (TPSA) is 72.9 Å². The van der Waals surface area contributed by atoms with Gasteiger partial charge in [-0.1, -0.05) is 38.1 Å². The van der Waals surface area contributed by atoms with E-state index < -0.39 is 15.8 Å². The van der Waals surface area contributed by atoms with Gasteiger partial charge in [-0.25, -0.2) is 12.7 Å². The minimum atomic E-state index is -3.57. The Hall–Kier alpha value is -1.44. The Labute approximate surface area is 184 Å². The molecule has 31 heavy (non-hydrogen) atoms. The molecule has 1 aromatic rings. The maximum atomic E-state index is 13.6. The number of ether oxygens (including phenoxy) is 2. The maximum absolute atomic E-state index is 13.6. The van der Waals surface area contributed by atoms with Crippen LogP contribution in [0.25, 0.3) is 0 Å². The average Bonchev–Trinajstić information content (AvgIpc) is 3.17. The van der Waals surface area contributed by atoms with E-state index in [9.17, 15) is 13.2 Å². The molecule has 1 aromatic carbocycles. The van der Waals surface area contributed by atoms with Gasteiger partial charge in [0.25, 0.3) is 0 Å². The number of amides is 1. The SMILES string of the molecule is CC1(c2ccccc2[C@@H]2C[C@H]2C(=O)N2[C@@H]3C[C@H]4CC[C@]3(CS2(=O)=O)C4(C)C)OCCO1. The Bertz CT molecular complexity index is 1060. The van der Waals surface area contributed by atoms with Crippen molar-refractivity contribution in [2.45, 2.75) is 64.2 Å². The lowest BCUT2D eigenvalue weighted by Crippen LogP contribution is -2.44. The molecule has 1 spiro atoms. The third kappa shape index (κ3) is 2.51. The highest BCUT2D eigenvalue weighted by molar-refractivity contribution is 7.90. The Kier molecular flexibility index (Phi) is 3.98. The Morgan fingerprint density at radius 1 is 1.10 bits per heavy atom. The molecule has 2 saturated heterocycles. The van der Waals surface area contributed by atoms with Gasteiger partial charge in [-0.05, 0) is 55.4 Å². The van der Waals surface area contributed by atoms with Crippen LogP contribution in [-0.2, 0) is 30.1 Å². The fourth-order valence-electron chi connectivity index (χ4n) is 7.46. The second-order valence-electron chi connectivity index (χ2n) is 10.9. The highest BCUT2D eigenvalue weighted by Crippen LogP contribution is 2.70. The summed E-state index contributed by atoms with van der Waals surface area (Å²) in [5.41, 5.74) is 1.70. The van der Waals surface area contributed by atoms with Crippen LogP contribution in [0.5, 0.6) is 0 Å². The third-order valence-electron chi connectivity index (χ3n) is 9.42. The first kappa shape index (κ1) is 20.2. The highest BCUT2D eigenvalue weighted by atomic mass is 32.2. The summed E-state index contributed by atoms with van der Waals surface area (Å²) in [5, 5.41) is 0. The molecule has 0 aromatic heterocycles. The number of carbonyl (C=O) groups is 1. The summed E-state index contributed by atoms with van der Waals surface area (Å²) >= 11 is 0. The summed E-state index contributed by atoms with van der Waals surface area (Å²) in [4.78, 5) is 13.6. The zero-order valence-electron chi connectivity index (χ0n) is 18.5. The summed E-state index contributed by atoms with van der Waals surface area (Å²) in [6.45, 7) is 7.44. The molecule has 2 bridgehead atoms. The van der Waals surface area contributed by atoms with Crippen LogP contribution >= 0.6 is 0 Å². The molecule has 3 saturated carbocycles. The molecule has 5 atom stereocenters. The second kappa shape index (κ2) is 6.12. The van der Waals surface area contributed by atoms with Crippen LogP contribution in [-0.4, -0.2) is 43.6 Å². The lowest BCUT2D eigenvalue weighted by atomic mass is 9.69. The van der Waals surface area contributed by atoms with Gasteiger partial charge in [0.15, 0.2) is 5.79 Å². The molecule has 2 heterocycles. The minimum Gasteiger partial charge on any atom is -0.344 e. The van der Waals surface area contributed by atoms with Gasteiger partial charge in [-0.2, -0.15) is 0 Å². The smallest absolute Gasteiger partial charge is 0.240 e. The van der Waals surface area contributed by atoms with E-state index in [-0.39, 0.29) is 40.4 Å². The van der Waals surface area contributed by atoms with E-state index in [1.165, 1.54) is 4.31 Å². The van der Waals surface area contributed by atoms with Crippen LogP contribution in [0.3, 0.4) is 0 Å². The summed E-state index contributed by atoms with van der Waals surface area (Å²) in [5.74, 6) is -0.609. The van der Waals surface area contributed by atoms with E-state index in [2.05, 4.69) is 13.8 Å². The standard InChI is InChI=1S/C24H31NO5S/c1-22(2)15-8-9-24(22)14-31(27,28)25(20(24)12-15)21(26)18-13-17(18)16-6-4-5-7-19(16)23(3)29-10-11-30-23/h4-7,15,17-18,20H,8-14H2,1-3H3/t15-,17+,18-,20-,24-/m1/s1. The molecule has 0 unspecified atom stereocenters. The van der Waals surface area contributed by atoms with E-state index in [0.29, 0.717) is 25.6 Å². The molecule has 3 aliphatic carbocycles. The second-order valence-corrected chi connectivity index (χ2v) is 12.8. The van der Waals surface area contributed by atoms with E-state index in [1.54, 1.807) is 0 Å². The quantitative estimate of drug-likeness (QED) is 0.713. The molecule has 7 heteroatoms. The van der Waals surface area contributed by atoms with Gasteiger partial charge in [-0.3, -0.25) is 4.79 Å². The molecule has 2 aliphatic heterocycles. The average molecular weight is 446 g/mol. The largest absolute Gasteiger partial charge is 0.344 e. The fourth-order valence-corrected chi connectivity index (χ4v) is 10.0. The lowest BCUT2D eigenvalue weighted by molar-refractivity contribution is -0.150. The van der Waals surface area contributed by atoms with Gasteiger partial charge in [0, 0.05) is 16.9 Å². The normalized spacial score (nSPS) is 40.8. The number of hydrogen-bond donors (Lipinski definition) is 0. The van der Waals surface area contributed by atoms with Crippen LogP contribution in [0.2, 0.25) is 0 Å². The number of carbonyl (C=O) groups excluding carboxylic acids is 1. The van der Waals surface area contributed by atoms with Gasteiger partial charge in [-0.15, -0.1) is 0 Å². The van der Waals surface area contributed by atoms with Gasteiger partial charge in [0.1, 0.15) is 0 Å². The first-order valence-corrected chi connectivity index (χ1v) is 13.1. The van der Waals surface area contributed by atoms with Gasteiger partial charge in [0.05, 0.1) is 25.0 Å². The number of nitrogens with zero attached hydrogens (tertiary/aromatic N) is 1. The molecule has 0 radical (unpaired) electrons. The molecule has 168 valence electrons. The summed E-state index contributed by atoms with van der Waals surface area (Å²) in [7, 11) is -3.57. The summed E-state index contributed by atoms with van der Waals surface area (Å²) in [6, 6.07) is 7.80. The van der Waals surface area contributed by atoms with Crippen LogP contribution in [0, 0.1) is 22.7 Å². The van der Waals surface area contributed by atoms with Gasteiger partial charge in [0.2, 0.25) is 15.9 Å². The summed E-state index contributed by atoms with van der Waals surface area (Å²) < 4.78 is 39.6. The van der Waals surface area contributed by atoms with E-state index in [1.807, 2.05) is 31.2 Å². The molecule has 5 aliphatic rings. The first-order chi connectivity index (χ1) is 14.6. The summed E-state index contributed by atoms with van der Waals surface area (Å²) in [6.07, 6.45) is 3.51. The van der Waals surface area contributed by atoms with Crippen LogP contribution in [0.1, 0.15) is 63.5 Å². The Balaban J connectivity index is 1.30. The Morgan fingerprint density at radius 2 is 1.81 bits per heavy atom. The molecule has 0 N–H and O–H groups in total. The van der Waals surface area contributed by atoms with Crippen molar-refractivity contribution in [1.82, 2.24) is 4.31 Å². The predicted octanol–water partition coefficient (Wildman–Crippen LogP) is 3.38. The molecular formula is C24H31NO5S. The molecule has 6 rings (SSSR count). The zero-order valence-corrected chi connectivity index (χ0v) is 19.3. The van der Waals surface area contributed by atoms with Crippen molar-refractivity contribution < 1.29 is 22.7 Å². The fraction of sp³-hybridized carbons (Fsp3) is 0.708. The highest BCUT2D eigenvalue weighted by Gasteiger charge is 2.73. The molecule has 5 fully saturated rings. The van der Waals surface area contributed by atoms with Crippen molar-refractivity contribution in [1.29, 1.82) is 0 Å². The van der Waals surface area contributed by atoms with Crippen molar-refractivity contribution in [3.63, 3.8) is 0 Å². The van der Waals surface area contributed by atoms with Gasteiger partial charge < -0.3 is 9.47 Å². The monoisotopic (exact) mass is 445 g/mol. The van der Waals surface area contributed by atoms with Gasteiger partial charge >= 0.3 is 0 Å². The van der Waals surface area contributed by atoms with E-state index >= 15 is 0 Å². The van der Waals surface area contributed by atoms with Crippen molar-refractivity contribution in [3.05, 3.63) is 35.4 Å². The number of hydrogen-bond acceptors (Lipinski definition) is 5. The van der Waals surface area contributed by atoms with Crippen molar-refractivity contribution in [3.8, 4) is 0 Å². The molecule has 1 amide bonds. The van der Waals surface area contributed by atoms with Crippen LogP contribution in [0.15, 0.2) is 24.3 Å².